The number of rotatable bonds is 6. The summed E-state index contributed by atoms with van der Waals surface area (Å²) in [5.41, 5.74) is 0. The zero-order valence-electron chi connectivity index (χ0n) is 11.2. The molecule has 0 aliphatic heterocycles. The van der Waals surface area contributed by atoms with Gasteiger partial charge in [0.25, 0.3) is 0 Å². The fraction of sp³-hybridized carbons (Fsp3) is 0.615. The van der Waals surface area contributed by atoms with E-state index in [2.05, 4.69) is 46.7 Å². The van der Waals surface area contributed by atoms with Gasteiger partial charge in [-0.3, -0.25) is 0 Å². The molecule has 1 rings (SSSR count). The second-order valence-corrected chi connectivity index (χ2v) is 3.91. The minimum Gasteiger partial charge on any atom is -0.422 e. The molecule has 1 aromatic heterocycles. The molecule has 0 saturated heterocycles. The van der Waals surface area contributed by atoms with Crippen molar-refractivity contribution >= 4 is 6.01 Å². The normalized spacial score (nSPS) is 8.72. The Balaban J connectivity index is 0.000000494. The van der Waals surface area contributed by atoms with Crippen molar-refractivity contribution < 1.29 is 4.57 Å². The Hall–Kier alpha value is -1.92. The lowest BCUT2D eigenvalue weighted by atomic mass is 10.3. The molecule has 1 heterocycles. The molecule has 18 heavy (non-hydrogen) atoms. The highest BCUT2D eigenvalue weighted by atomic mass is 15.1. The Labute approximate surface area is 109 Å². The summed E-state index contributed by atoms with van der Waals surface area (Å²) >= 11 is 0. The van der Waals surface area contributed by atoms with Crippen LogP contribution < -0.4 is 4.57 Å². The lowest BCUT2D eigenvalue weighted by Crippen LogP contribution is -2.30. The number of hydrogen-bond acceptors (Lipinski definition) is 2. The molecule has 0 aliphatic carbocycles. The third-order valence-corrected chi connectivity index (χ3v) is 2.39. The van der Waals surface area contributed by atoms with E-state index in [-0.39, 0.29) is 0 Å². The quantitative estimate of drug-likeness (QED) is 0.433. The predicted octanol–water partition coefficient (Wildman–Crippen LogP) is 2.59. The van der Waals surface area contributed by atoms with E-state index in [0.29, 0.717) is 0 Å². The molecule has 0 aromatic carbocycles. The van der Waals surface area contributed by atoms with E-state index in [1.54, 1.807) is 0 Å². The van der Waals surface area contributed by atoms with Gasteiger partial charge in [-0.15, -0.1) is 6.01 Å². The van der Waals surface area contributed by atoms with Crippen molar-refractivity contribution in [1.29, 1.82) is 5.26 Å². The van der Waals surface area contributed by atoms with Gasteiger partial charge in [0, 0.05) is 0 Å². The van der Waals surface area contributed by atoms with E-state index in [9.17, 15) is 0 Å². The first-order chi connectivity index (χ1) is 8.78. The predicted molar refractivity (Wildman–Crippen MR) is 70.9 cm³/mol. The third kappa shape index (κ3) is 8.26. The molecule has 0 spiro atoms. The standard InChI is InChI=1S/C11H21N2.C2N3/c1-3-5-7-12-9-10-13(11-12)8-6-4-2;3-1-5-2-4/h9-11H,3-8H2,1-2H3;/q+1;-1. The molecule has 98 valence electrons. The van der Waals surface area contributed by atoms with Gasteiger partial charge >= 0.3 is 0 Å². The van der Waals surface area contributed by atoms with Crippen LogP contribution in [0.4, 0.5) is 0 Å². The molecule has 0 fully saturated rings. The monoisotopic (exact) mass is 247 g/mol. The minimum atomic E-state index is 1.16. The van der Waals surface area contributed by atoms with E-state index in [4.69, 9.17) is 10.7 Å². The van der Waals surface area contributed by atoms with Gasteiger partial charge in [0.15, 0.2) is 0 Å². The van der Waals surface area contributed by atoms with Crippen LogP contribution in [-0.4, -0.2) is 10.6 Å². The first kappa shape index (κ1) is 16.1. The second kappa shape index (κ2) is 11.6. The zero-order chi connectivity index (χ0) is 13.6. The topological polar surface area (TPSA) is 67.3 Å². The summed E-state index contributed by atoms with van der Waals surface area (Å²) in [6.45, 7) is 6.79. The third-order valence-electron chi connectivity index (χ3n) is 2.39. The van der Waals surface area contributed by atoms with Gasteiger partial charge < -0.3 is 10.4 Å². The number of aromatic nitrogens is 2. The molecule has 0 amide bonds. The second-order valence-electron chi connectivity index (χ2n) is 3.91. The van der Waals surface area contributed by atoms with Gasteiger partial charge in [-0.1, -0.05) is 26.7 Å². The molecule has 5 nitrogen and oxygen atoms in total. The summed E-state index contributed by atoms with van der Waals surface area (Å²) in [5.74, 6) is 0. The fourth-order valence-corrected chi connectivity index (χ4v) is 1.41. The van der Waals surface area contributed by atoms with Crippen LogP contribution >= 0.6 is 0 Å². The van der Waals surface area contributed by atoms with E-state index < -0.39 is 0 Å². The Morgan fingerprint density at radius 1 is 1.33 bits per heavy atom. The number of nitriles is 1. The molecule has 1 aromatic rings. The van der Waals surface area contributed by atoms with Crippen LogP contribution in [0.1, 0.15) is 39.5 Å². The van der Waals surface area contributed by atoms with Crippen molar-refractivity contribution in [2.45, 2.75) is 52.6 Å². The SMILES string of the molecule is CCCCn1cc[n+](CCCC)c1.N#CN=C=[N-]. The summed E-state index contributed by atoms with van der Waals surface area (Å²) in [6.07, 6.45) is 12.9. The molecule has 0 bridgehead atoms. The lowest BCUT2D eigenvalue weighted by Gasteiger charge is -1.93. The molecule has 0 radical (unpaired) electrons. The first-order valence-corrected chi connectivity index (χ1v) is 6.31. The maximum Gasteiger partial charge on any atom is 0.243 e. The minimum absolute atomic E-state index is 1.16. The Kier molecular flexibility index (Phi) is 10.3. The molecule has 0 aliphatic rings. The maximum absolute atomic E-state index is 7.43. The van der Waals surface area contributed by atoms with Crippen LogP contribution in [0.3, 0.4) is 0 Å². The van der Waals surface area contributed by atoms with E-state index in [1.807, 2.05) is 0 Å². The van der Waals surface area contributed by atoms with Crippen molar-refractivity contribution in [3.8, 4) is 6.19 Å². The average Bonchev–Trinajstić information content (AvgIpc) is 2.83. The molecular formula is C13H21N5. The van der Waals surface area contributed by atoms with Crippen molar-refractivity contribution in [3.05, 3.63) is 24.1 Å². The van der Waals surface area contributed by atoms with Crippen molar-refractivity contribution in [2.75, 3.05) is 0 Å². The number of hydrogen-bond donors (Lipinski definition) is 0. The highest BCUT2D eigenvalue weighted by molar-refractivity contribution is 5.46. The molecule has 0 unspecified atom stereocenters. The summed E-state index contributed by atoms with van der Waals surface area (Å²) in [5, 5.41) is 14.9. The first-order valence-electron chi connectivity index (χ1n) is 6.31. The van der Waals surface area contributed by atoms with E-state index in [1.165, 1.54) is 37.9 Å². The Morgan fingerprint density at radius 3 is 2.56 bits per heavy atom. The lowest BCUT2D eigenvalue weighted by molar-refractivity contribution is -0.696. The van der Waals surface area contributed by atoms with Crippen molar-refractivity contribution in [2.24, 2.45) is 4.99 Å². The Morgan fingerprint density at radius 2 is 2.06 bits per heavy atom. The number of imidazole rings is 1. The molecule has 5 heteroatoms. The van der Waals surface area contributed by atoms with Crippen LogP contribution in [0.25, 0.3) is 5.41 Å². The van der Waals surface area contributed by atoms with Crippen LogP contribution in [0.5, 0.6) is 0 Å². The van der Waals surface area contributed by atoms with Crippen LogP contribution in [0.2, 0.25) is 0 Å². The molecule has 0 saturated carbocycles. The van der Waals surface area contributed by atoms with E-state index in [0.717, 1.165) is 13.1 Å². The van der Waals surface area contributed by atoms with Gasteiger partial charge in [-0.2, -0.15) is 5.26 Å². The highest BCUT2D eigenvalue weighted by Crippen LogP contribution is 1.93. The maximum atomic E-state index is 7.43. The number of aryl methyl sites for hydroxylation is 2. The summed E-state index contributed by atoms with van der Waals surface area (Å²) in [4.78, 5) is 2.58. The van der Waals surface area contributed by atoms with E-state index >= 15 is 0 Å². The summed E-state index contributed by atoms with van der Waals surface area (Å²) in [6, 6.07) is 1.28. The van der Waals surface area contributed by atoms with Crippen molar-refractivity contribution in [1.82, 2.24) is 4.57 Å². The number of aliphatic imine (C=N–C) groups is 1. The van der Waals surface area contributed by atoms with Crippen LogP contribution in [-0.2, 0) is 13.1 Å². The highest BCUT2D eigenvalue weighted by Gasteiger charge is 2.01. The number of unbranched alkanes of at least 4 members (excludes halogenated alkanes) is 2. The average molecular weight is 247 g/mol. The zero-order valence-corrected chi connectivity index (χ0v) is 11.2. The van der Waals surface area contributed by atoms with Crippen LogP contribution in [0.15, 0.2) is 23.7 Å². The van der Waals surface area contributed by atoms with Gasteiger partial charge in [0.1, 0.15) is 12.4 Å². The summed E-state index contributed by atoms with van der Waals surface area (Å²) < 4.78 is 4.55. The van der Waals surface area contributed by atoms with Gasteiger partial charge in [-0.05, 0) is 12.8 Å². The van der Waals surface area contributed by atoms with Crippen molar-refractivity contribution in [3.63, 3.8) is 0 Å². The van der Waals surface area contributed by atoms with Gasteiger partial charge in [0.2, 0.25) is 6.33 Å². The molecular weight excluding hydrogens is 226 g/mol. The van der Waals surface area contributed by atoms with Gasteiger partial charge in [-0.25, -0.2) is 9.13 Å². The Bertz CT molecular complexity index is 373. The summed E-state index contributed by atoms with van der Waals surface area (Å²) in [7, 11) is 0. The van der Waals surface area contributed by atoms with Gasteiger partial charge in [0.05, 0.1) is 19.3 Å². The smallest absolute Gasteiger partial charge is 0.243 e. The molecule has 0 N–H and O–H groups in total. The van der Waals surface area contributed by atoms with Crippen LogP contribution in [0, 0.1) is 11.5 Å². The largest absolute Gasteiger partial charge is 0.422 e. The fourth-order valence-electron chi connectivity index (χ4n) is 1.41. The number of nitrogens with zero attached hydrogens (tertiary/aromatic N) is 5. The molecule has 0 atom stereocenters.